The van der Waals surface area contributed by atoms with E-state index in [2.05, 4.69) is 45.0 Å². The van der Waals surface area contributed by atoms with Crippen molar-refractivity contribution in [2.45, 2.75) is 12.8 Å². The number of anilines is 1. The van der Waals surface area contributed by atoms with Crippen molar-refractivity contribution in [3.8, 4) is 0 Å². The fourth-order valence-electron chi connectivity index (χ4n) is 3.16. The summed E-state index contributed by atoms with van der Waals surface area (Å²) in [6, 6.07) is 10.8. The van der Waals surface area contributed by atoms with Gasteiger partial charge in [-0.25, -0.2) is 0 Å². The van der Waals surface area contributed by atoms with Crippen LogP contribution >= 0.6 is 0 Å². The molecular formula is C16H25N3. The van der Waals surface area contributed by atoms with Crippen LogP contribution in [0.5, 0.6) is 0 Å². The van der Waals surface area contributed by atoms with E-state index >= 15 is 0 Å². The van der Waals surface area contributed by atoms with Gasteiger partial charge in [-0.2, -0.15) is 0 Å². The van der Waals surface area contributed by atoms with Gasteiger partial charge in [-0.1, -0.05) is 18.2 Å². The molecule has 2 aliphatic heterocycles. The van der Waals surface area contributed by atoms with Gasteiger partial charge >= 0.3 is 0 Å². The fraction of sp³-hybridized carbons (Fsp3) is 0.625. The topological polar surface area (TPSA) is 9.72 Å². The first-order chi connectivity index (χ1) is 9.42. The summed E-state index contributed by atoms with van der Waals surface area (Å²) < 4.78 is 0. The van der Waals surface area contributed by atoms with Crippen LogP contribution in [0.25, 0.3) is 0 Å². The molecule has 0 N–H and O–H groups in total. The van der Waals surface area contributed by atoms with Gasteiger partial charge in [-0.15, -0.1) is 0 Å². The van der Waals surface area contributed by atoms with Crippen LogP contribution in [0, 0.1) is 0 Å². The first-order valence-electron chi connectivity index (χ1n) is 7.66. The van der Waals surface area contributed by atoms with E-state index in [1.54, 1.807) is 0 Å². The van der Waals surface area contributed by atoms with Gasteiger partial charge in [-0.3, -0.25) is 4.90 Å². The van der Waals surface area contributed by atoms with E-state index in [4.69, 9.17) is 0 Å². The lowest BCUT2D eigenvalue weighted by Gasteiger charge is -2.36. The Balaban J connectivity index is 1.42. The molecule has 0 unspecified atom stereocenters. The highest BCUT2D eigenvalue weighted by atomic mass is 15.3. The molecule has 3 heteroatoms. The Morgan fingerprint density at radius 1 is 0.684 bits per heavy atom. The summed E-state index contributed by atoms with van der Waals surface area (Å²) in [6.07, 6.45) is 2.81. The molecule has 2 fully saturated rings. The van der Waals surface area contributed by atoms with Crippen LogP contribution in [0.15, 0.2) is 30.3 Å². The van der Waals surface area contributed by atoms with Crippen molar-refractivity contribution in [2.24, 2.45) is 0 Å². The lowest BCUT2D eigenvalue weighted by molar-refractivity contribution is 0.215. The van der Waals surface area contributed by atoms with Crippen molar-refractivity contribution in [3.63, 3.8) is 0 Å². The molecule has 3 nitrogen and oxygen atoms in total. The molecule has 2 heterocycles. The standard InChI is InChI=1S/C16H25N3/c1-2-6-16(7-3-1)19-14-12-18(13-15-19)11-10-17-8-4-5-9-17/h1-3,6-7H,4-5,8-15H2. The largest absolute Gasteiger partial charge is 0.369 e. The van der Waals surface area contributed by atoms with E-state index in [9.17, 15) is 0 Å². The normalized spacial score (nSPS) is 22.0. The van der Waals surface area contributed by atoms with Crippen molar-refractivity contribution in [1.29, 1.82) is 0 Å². The smallest absolute Gasteiger partial charge is 0.0367 e. The van der Waals surface area contributed by atoms with Crippen LogP contribution in [0.3, 0.4) is 0 Å². The zero-order valence-electron chi connectivity index (χ0n) is 11.8. The molecule has 0 bridgehead atoms. The van der Waals surface area contributed by atoms with E-state index in [0.29, 0.717) is 0 Å². The van der Waals surface area contributed by atoms with Crippen molar-refractivity contribution < 1.29 is 0 Å². The fourth-order valence-corrected chi connectivity index (χ4v) is 3.16. The number of para-hydroxylation sites is 1. The van der Waals surface area contributed by atoms with Crippen LogP contribution in [-0.2, 0) is 0 Å². The van der Waals surface area contributed by atoms with Crippen LogP contribution in [0.4, 0.5) is 5.69 Å². The monoisotopic (exact) mass is 259 g/mol. The van der Waals surface area contributed by atoms with Crippen molar-refractivity contribution in [2.75, 3.05) is 57.3 Å². The maximum absolute atomic E-state index is 2.62. The Labute approximate surface area is 116 Å². The summed E-state index contributed by atoms with van der Waals surface area (Å²) in [4.78, 5) is 7.74. The molecule has 0 amide bonds. The Morgan fingerprint density at radius 3 is 1.89 bits per heavy atom. The van der Waals surface area contributed by atoms with E-state index in [-0.39, 0.29) is 0 Å². The molecule has 0 radical (unpaired) electrons. The highest BCUT2D eigenvalue weighted by Gasteiger charge is 2.18. The van der Waals surface area contributed by atoms with Crippen LogP contribution in [0.2, 0.25) is 0 Å². The summed E-state index contributed by atoms with van der Waals surface area (Å²) in [6.45, 7) is 9.93. The summed E-state index contributed by atoms with van der Waals surface area (Å²) in [5, 5.41) is 0. The second kappa shape index (κ2) is 6.40. The predicted octanol–water partition coefficient (Wildman–Crippen LogP) is 1.90. The summed E-state index contributed by atoms with van der Waals surface area (Å²) in [5.41, 5.74) is 1.38. The van der Waals surface area contributed by atoms with Crippen LogP contribution < -0.4 is 4.90 Å². The zero-order chi connectivity index (χ0) is 12.9. The van der Waals surface area contributed by atoms with Gasteiger partial charge in [0.1, 0.15) is 0 Å². The second-order valence-electron chi connectivity index (χ2n) is 5.71. The molecule has 0 aromatic heterocycles. The number of rotatable bonds is 4. The van der Waals surface area contributed by atoms with Gasteiger partial charge in [0.25, 0.3) is 0 Å². The molecule has 3 rings (SSSR count). The maximum Gasteiger partial charge on any atom is 0.0367 e. The lowest BCUT2D eigenvalue weighted by Crippen LogP contribution is -2.48. The van der Waals surface area contributed by atoms with E-state index in [1.807, 2.05) is 0 Å². The van der Waals surface area contributed by atoms with Crippen molar-refractivity contribution in [1.82, 2.24) is 9.80 Å². The quantitative estimate of drug-likeness (QED) is 0.818. The van der Waals surface area contributed by atoms with Gasteiger partial charge in [0.05, 0.1) is 0 Å². The van der Waals surface area contributed by atoms with Gasteiger partial charge in [0, 0.05) is 45.0 Å². The Bertz CT molecular complexity index is 365. The third-order valence-corrected chi connectivity index (χ3v) is 4.42. The molecule has 0 spiro atoms. The molecule has 0 saturated carbocycles. The average Bonchev–Trinajstić information content (AvgIpc) is 3.00. The molecule has 19 heavy (non-hydrogen) atoms. The molecule has 2 aliphatic rings. The molecular weight excluding hydrogens is 234 g/mol. The number of hydrogen-bond acceptors (Lipinski definition) is 3. The molecule has 0 atom stereocenters. The van der Waals surface area contributed by atoms with Crippen LogP contribution in [0.1, 0.15) is 12.8 Å². The Morgan fingerprint density at radius 2 is 1.26 bits per heavy atom. The number of piperazine rings is 1. The summed E-state index contributed by atoms with van der Waals surface area (Å²) in [5.74, 6) is 0. The van der Waals surface area contributed by atoms with Crippen molar-refractivity contribution >= 4 is 5.69 Å². The van der Waals surface area contributed by atoms with Crippen LogP contribution in [-0.4, -0.2) is 62.2 Å². The molecule has 1 aromatic rings. The Hall–Kier alpha value is -1.06. The second-order valence-corrected chi connectivity index (χ2v) is 5.71. The third-order valence-electron chi connectivity index (χ3n) is 4.42. The zero-order valence-corrected chi connectivity index (χ0v) is 11.8. The molecule has 1 aromatic carbocycles. The minimum atomic E-state index is 1.17. The Kier molecular flexibility index (Phi) is 4.36. The minimum absolute atomic E-state index is 1.17. The molecule has 2 saturated heterocycles. The number of hydrogen-bond donors (Lipinski definition) is 0. The van der Waals surface area contributed by atoms with Crippen molar-refractivity contribution in [3.05, 3.63) is 30.3 Å². The van der Waals surface area contributed by atoms with E-state index in [1.165, 1.54) is 70.9 Å². The van der Waals surface area contributed by atoms with Gasteiger partial charge < -0.3 is 9.80 Å². The lowest BCUT2D eigenvalue weighted by atomic mass is 10.2. The first-order valence-corrected chi connectivity index (χ1v) is 7.66. The van der Waals surface area contributed by atoms with Gasteiger partial charge in [-0.05, 0) is 38.1 Å². The number of benzene rings is 1. The molecule has 104 valence electrons. The maximum atomic E-state index is 2.62. The minimum Gasteiger partial charge on any atom is -0.369 e. The number of nitrogens with zero attached hydrogens (tertiary/aromatic N) is 3. The SMILES string of the molecule is c1ccc(N2CCN(CCN3CCCC3)CC2)cc1. The first kappa shape index (κ1) is 12.9. The van der Waals surface area contributed by atoms with E-state index < -0.39 is 0 Å². The van der Waals surface area contributed by atoms with Gasteiger partial charge in [0.2, 0.25) is 0 Å². The highest BCUT2D eigenvalue weighted by Crippen LogP contribution is 2.15. The third kappa shape index (κ3) is 3.48. The predicted molar refractivity (Wildman–Crippen MR) is 80.8 cm³/mol. The number of likely N-dealkylation sites (tertiary alicyclic amines) is 1. The average molecular weight is 259 g/mol. The van der Waals surface area contributed by atoms with E-state index in [0.717, 1.165) is 0 Å². The molecule has 0 aliphatic carbocycles. The highest BCUT2D eigenvalue weighted by molar-refractivity contribution is 5.46. The summed E-state index contributed by atoms with van der Waals surface area (Å²) in [7, 11) is 0. The summed E-state index contributed by atoms with van der Waals surface area (Å²) >= 11 is 0. The van der Waals surface area contributed by atoms with Gasteiger partial charge in [0.15, 0.2) is 0 Å².